The van der Waals surface area contributed by atoms with Gasteiger partial charge < -0.3 is 16.0 Å². The first kappa shape index (κ1) is 18.6. The Hall–Kier alpha value is -0.690. The molecule has 0 unspecified atom stereocenters. The molecule has 1 aliphatic rings. The lowest BCUT2D eigenvalue weighted by Gasteiger charge is -2.26. The number of nitrogens with one attached hydrogen (secondary N) is 1. The van der Waals surface area contributed by atoms with Gasteiger partial charge in [0.05, 0.1) is 6.04 Å². The summed E-state index contributed by atoms with van der Waals surface area (Å²) >= 11 is 3.75. The van der Waals surface area contributed by atoms with E-state index in [9.17, 15) is 4.79 Å². The SMILES string of the molecule is CSCC[C@H](N)C(=O)Nc1ccc(CCN2CCSCC2)cc1. The van der Waals surface area contributed by atoms with E-state index in [0.717, 1.165) is 24.4 Å². The molecule has 4 nitrogen and oxygen atoms in total. The molecule has 0 bridgehead atoms. The average molecular weight is 354 g/mol. The molecule has 0 aliphatic carbocycles. The van der Waals surface area contributed by atoms with E-state index < -0.39 is 6.04 Å². The zero-order chi connectivity index (χ0) is 16.5. The van der Waals surface area contributed by atoms with Gasteiger partial charge in [-0.2, -0.15) is 23.5 Å². The molecule has 2 rings (SSSR count). The highest BCUT2D eigenvalue weighted by Gasteiger charge is 2.13. The zero-order valence-electron chi connectivity index (χ0n) is 13.8. The van der Waals surface area contributed by atoms with E-state index in [1.165, 1.54) is 30.2 Å². The van der Waals surface area contributed by atoms with Gasteiger partial charge in [0.1, 0.15) is 0 Å². The maximum absolute atomic E-state index is 12.0. The topological polar surface area (TPSA) is 58.4 Å². The fourth-order valence-corrected chi connectivity index (χ4v) is 3.95. The van der Waals surface area contributed by atoms with Crippen molar-refractivity contribution < 1.29 is 4.79 Å². The van der Waals surface area contributed by atoms with Crippen LogP contribution < -0.4 is 11.1 Å². The second-order valence-corrected chi connectivity index (χ2v) is 7.99. The van der Waals surface area contributed by atoms with E-state index in [-0.39, 0.29) is 5.91 Å². The molecule has 0 aromatic heterocycles. The van der Waals surface area contributed by atoms with Crippen LogP contribution >= 0.6 is 23.5 Å². The summed E-state index contributed by atoms with van der Waals surface area (Å²) in [5.74, 6) is 3.31. The number of amides is 1. The quantitative estimate of drug-likeness (QED) is 0.751. The predicted octanol–water partition coefficient (Wildman–Crippen LogP) is 2.30. The van der Waals surface area contributed by atoms with Crippen molar-refractivity contribution >= 4 is 35.1 Å². The molecule has 128 valence electrons. The molecule has 1 aromatic rings. The van der Waals surface area contributed by atoms with Crippen molar-refractivity contribution in [3.63, 3.8) is 0 Å². The molecule has 1 aliphatic heterocycles. The van der Waals surface area contributed by atoms with E-state index in [0.29, 0.717) is 6.42 Å². The molecule has 0 saturated carbocycles. The van der Waals surface area contributed by atoms with E-state index in [4.69, 9.17) is 5.73 Å². The third kappa shape index (κ3) is 6.75. The van der Waals surface area contributed by atoms with Gasteiger partial charge in [-0.05, 0) is 42.5 Å². The third-order valence-corrected chi connectivity index (χ3v) is 5.60. The van der Waals surface area contributed by atoms with Crippen LogP contribution in [0.1, 0.15) is 12.0 Å². The second-order valence-electron chi connectivity index (χ2n) is 5.78. The highest BCUT2D eigenvalue weighted by molar-refractivity contribution is 7.99. The summed E-state index contributed by atoms with van der Waals surface area (Å²) in [6.07, 6.45) is 3.79. The molecule has 1 heterocycles. The lowest BCUT2D eigenvalue weighted by Crippen LogP contribution is -2.36. The number of rotatable bonds is 8. The molecule has 0 spiro atoms. The highest BCUT2D eigenvalue weighted by atomic mass is 32.2. The van der Waals surface area contributed by atoms with Gasteiger partial charge in [-0.15, -0.1) is 0 Å². The maximum Gasteiger partial charge on any atom is 0.241 e. The normalized spacial score (nSPS) is 17.0. The number of benzene rings is 1. The fourth-order valence-electron chi connectivity index (χ4n) is 2.48. The van der Waals surface area contributed by atoms with Crippen LogP contribution in [0.3, 0.4) is 0 Å². The molecule has 1 atom stereocenters. The summed E-state index contributed by atoms with van der Waals surface area (Å²) in [5, 5.41) is 2.90. The first-order valence-corrected chi connectivity index (χ1v) is 10.7. The van der Waals surface area contributed by atoms with Crippen molar-refractivity contribution in [3.8, 4) is 0 Å². The largest absolute Gasteiger partial charge is 0.325 e. The molecule has 3 N–H and O–H groups in total. The number of anilines is 1. The summed E-state index contributed by atoms with van der Waals surface area (Å²) < 4.78 is 0. The Morgan fingerprint density at radius 3 is 2.70 bits per heavy atom. The number of hydrogen-bond acceptors (Lipinski definition) is 5. The van der Waals surface area contributed by atoms with E-state index >= 15 is 0 Å². The second kappa shape index (κ2) is 10.2. The highest BCUT2D eigenvalue weighted by Crippen LogP contribution is 2.13. The monoisotopic (exact) mass is 353 g/mol. The van der Waals surface area contributed by atoms with Crippen molar-refractivity contribution in [1.82, 2.24) is 4.90 Å². The van der Waals surface area contributed by atoms with Crippen molar-refractivity contribution in [2.24, 2.45) is 5.73 Å². The summed E-state index contributed by atoms with van der Waals surface area (Å²) in [4.78, 5) is 14.5. The molecular weight excluding hydrogens is 326 g/mol. The Kier molecular flexibility index (Phi) is 8.30. The Bertz CT molecular complexity index is 475. The summed E-state index contributed by atoms with van der Waals surface area (Å²) in [6.45, 7) is 3.52. The zero-order valence-corrected chi connectivity index (χ0v) is 15.4. The lowest BCUT2D eigenvalue weighted by atomic mass is 10.1. The summed E-state index contributed by atoms with van der Waals surface area (Å²) in [7, 11) is 0. The van der Waals surface area contributed by atoms with Crippen LogP contribution in [0.25, 0.3) is 0 Å². The maximum atomic E-state index is 12.0. The first-order valence-electron chi connectivity index (χ1n) is 8.13. The van der Waals surface area contributed by atoms with Gasteiger partial charge in [0.15, 0.2) is 0 Å². The van der Waals surface area contributed by atoms with Crippen LogP contribution in [0.5, 0.6) is 0 Å². The summed E-state index contributed by atoms with van der Waals surface area (Å²) in [5.41, 5.74) is 8.02. The number of carbonyl (C=O) groups excluding carboxylic acids is 1. The Labute approximate surface area is 147 Å². The molecule has 1 amide bonds. The Morgan fingerprint density at radius 1 is 1.35 bits per heavy atom. The van der Waals surface area contributed by atoms with Crippen LogP contribution in [-0.2, 0) is 11.2 Å². The summed E-state index contributed by atoms with van der Waals surface area (Å²) in [6, 6.07) is 7.71. The predicted molar refractivity (Wildman–Crippen MR) is 104 cm³/mol. The Balaban J connectivity index is 1.76. The van der Waals surface area contributed by atoms with Gasteiger partial charge >= 0.3 is 0 Å². The van der Waals surface area contributed by atoms with Gasteiger partial charge in [0.25, 0.3) is 0 Å². The minimum atomic E-state index is -0.431. The van der Waals surface area contributed by atoms with Crippen molar-refractivity contribution in [3.05, 3.63) is 29.8 Å². The smallest absolute Gasteiger partial charge is 0.241 e. The lowest BCUT2D eigenvalue weighted by molar-refractivity contribution is -0.117. The van der Waals surface area contributed by atoms with E-state index in [1.54, 1.807) is 11.8 Å². The number of thioether (sulfide) groups is 2. The van der Waals surface area contributed by atoms with E-state index in [1.807, 2.05) is 30.2 Å². The van der Waals surface area contributed by atoms with Gasteiger partial charge in [0.2, 0.25) is 5.91 Å². The number of nitrogens with two attached hydrogens (primary N) is 1. The van der Waals surface area contributed by atoms with Gasteiger partial charge in [0, 0.05) is 36.8 Å². The number of carbonyl (C=O) groups is 1. The molecule has 0 radical (unpaired) electrons. The van der Waals surface area contributed by atoms with Gasteiger partial charge in [-0.3, -0.25) is 4.79 Å². The number of hydrogen-bond donors (Lipinski definition) is 2. The Morgan fingerprint density at radius 2 is 2.04 bits per heavy atom. The molecular formula is C17H27N3OS2. The van der Waals surface area contributed by atoms with E-state index in [2.05, 4.69) is 22.3 Å². The molecule has 23 heavy (non-hydrogen) atoms. The van der Waals surface area contributed by atoms with Gasteiger partial charge in [-0.1, -0.05) is 12.1 Å². The standard InChI is InChI=1S/C17H27N3OS2/c1-22-11-7-16(18)17(21)19-15-4-2-14(3-5-15)6-8-20-9-12-23-13-10-20/h2-5,16H,6-13,18H2,1H3,(H,19,21)/t16-/m0/s1. The molecule has 1 fully saturated rings. The van der Waals surface area contributed by atoms with Crippen LogP contribution in [0.15, 0.2) is 24.3 Å². The van der Waals surface area contributed by atoms with Crippen LogP contribution in [0, 0.1) is 0 Å². The third-order valence-electron chi connectivity index (χ3n) is 4.01. The number of nitrogens with zero attached hydrogens (tertiary/aromatic N) is 1. The average Bonchev–Trinajstić information content (AvgIpc) is 2.60. The van der Waals surface area contributed by atoms with Crippen LogP contribution in [0.4, 0.5) is 5.69 Å². The first-order chi connectivity index (χ1) is 11.2. The molecule has 6 heteroatoms. The minimum absolute atomic E-state index is 0.0994. The van der Waals surface area contributed by atoms with Crippen molar-refractivity contribution in [2.45, 2.75) is 18.9 Å². The molecule has 1 saturated heterocycles. The van der Waals surface area contributed by atoms with Crippen LogP contribution in [0.2, 0.25) is 0 Å². The van der Waals surface area contributed by atoms with Crippen LogP contribution in [-0.4, -0.2) is 60.0 Å². The van der Waals surface area contributed by atoms with Crippen molar-refractivity contribution in [2.75, 3.05) is 48.5 Å². The fraction of sp³-hybridized carbons (Fsp3) is 0.588. The minimum Gasteiger partial charge on any atom is -0.325 e. The molecule has 1 aromatic carbocycles. The van der Waals surface area contributed by atoms with Crippen molar-refractivity contribution in [1.29, 1.82) is 0 Å². The van der Waals surface area contributed by atoms with Gasteiger partial charge in [-0.25, -0.2) is 0 Å².